The minimum absolute atomic E-state index is 0.0653. The highest BCUT2D eigenvalue weighted by Crippen LogP contribution is 2.19. The maximum absolute atomic E-state index is 13.0. The van der Waals surface area contributed by atoms with E-state index in [0.29, 0.717) is 18.6 Å². The minimum Gasteiger partial charge on any atom is -0.388 e. The van der Waals surface area contributed by atoms with Gasteiger partial charge in [-0.2, -0.15) is 0 Å². The van der Waals surface area contributed by atoms with Crippen LogP contribution in [0.3, 0.4) is 0 Å². The summed E-state index contributed by atoms with van der Waals surface area (Å²) in [5.74, 6) is -5.31. The van der Waals surface area contributed by atoms with E-state index in [9.17, 15) is 23.1 Å². The number of carbonyl (C=O) groups is 1. The van der Waals surface area contributed by atoms with Crippen molar-refractivity contribution in [3.63, 3.8) is 0 Å². The van der Waals surface area contributed by atoms with Gasteiger partial charge in [0.15, 0.2) is 17.5 Å². The van der Waals surface area contributed by atoms with Crippen molar-refractivity contribution in [3.05, 3.63) is 35.1 Å². The lowest BCUT2D eigenvalue weighted by atomic mass is 9.88. The highest BCUT2D eigenvalue weighted by molar-refractivity contribution is 5.94. The third-order valence-electron chi connectivity index (χ3n) is 3.53. The highest BCUT2D eigenvalue weighted by atomic mass is 19.2. The predicted molar refractivity (Wildman–Crippen MR) is 68.7 cm³/mol. The van der Waals surface area contributed by atoms with Gasteiger partial charge in [0.25, 0.3) is 5.91 Å². The largest absolute Gasteiger partial charge is 0.388 e. The van der Waals surface area contributed by atoms with Crippen LogP contribution in [0.1, 0.15) is 37.6 Å². The van der Waals surface area contributed by atoms with Crippen molar-refractivity contribution in [1.29, 1.82) is 0 Å². The zero-order valence-electron chi connectivity index (χ0n) is 11.6. The monoisotopic (exact) mass is 289 g/mol. The first-order valence-corrected chi connectivity index (χ1v) is 6.34. The molecule has 2 unspecified atom stereocenters. The Kier molecular flexibility index (Phi) is 5.16. The third kappa shape index (κ3) is 3.72. The molecule has 112 valence electrons. The summed E-state index contributed by atoms with van der Waals surface area (Å²) in [4.78, 5) is 11.7. The van der Waals surface area contributed by atoms with Crippen molar-refractivity contribution >= 4 is 5.91 Å². The molecular weight excluding hydrogens is 271 g/mol. The van der Waals surface area contributed by atoms with E-state index in [1.165, 1.54) is 0 Å². The number of amides is 1. The van der Waals surface area contributed by atoms with Crippen molar-refractivity contribution in [2.75, 3.05) is 6.54 Å². The van der Waals surface area contributed by atoms with Crippen molar-refractivity contribution in [2.45, 2.75) is 32.8 Å². The number of halogens is 3. The van der Waals surface area contributed by atoms with Crippen LogP contribution >= 0.6 is 0 Å². The quantitative estimate of drug-likeness (QED) is 0.819. The number of benzene rings is 1. The Hall–Kier alpha value is -1.56. The standard InChI is InChI=1S/C14H18F3NO2/c1-4-8(2)14(3,20)7-18-13(19)9-5-10(15)12(17)11(16)6-9/h5-6,8,20H,4,7H2,1-3H3,(H,18,19). The van der Waals surface area contributed by atoms with Gasteiger partial charge in [0.1, 0.15) is 0 Å². The smallest absolute Gasteiger partial charge is 0.251 e. The van der Waals surface area contributed by atoms with Gasteiger partial charge in [-0.15, -0.1) is 0 Å². The van der Waals surface area contributed by atoms with Crippen molar-refractivity contribution in [1.82, 2.24) is 5.32 Å². The van der Waals surface area contributed by atoms with Crippen molar-refractivity contribution in [2.24, 2.45) is 5.92 Å². The molecule has 0 heterocycles. The van der Waals surface area contributed by atoms with Gasteiger partial charge in [-0.05, 0) is 25.0 Å². The summed E-state index contributed by atoms with van der Waals surface area (Å²) < 4.78 is 38.8. The summed E-state index contributed by atoms with van der Waals surface area (Å²) >= 11 is 0. The van der Waals surface area contributed by atoms with E-state index >= 15 is 0 Å². The fourth-order valence-corrected chi connectivity index (χ4v) is 1.66. The van der Waals surface area contributed by atoms with Crippen LogP contribution in [0.25, 0.3) is 0 Å². The fourth-order valence-electron chi connectivity index (χ4n) is 1.66. The molecule has 0 aliphatic carbocycles. The van der Waals surface area contributed by atoms with E-state index in [2.05, 4.69) is 5.32 Å². The molecule has 0 aliphatic heterocycles. The van der Waals surface area contributed by atoms with E-state index < -0.39 is 29.0 Å². The van der Waals surface area contributed by atoms with E-state index in [1.807, 2.05) is 13.8 Å². The van der Waals surface area contributed by atoms with E-state index in [4.69, 9.17) is 0 Å². The van der Waals surface area contributed by atoms with Crippen LogP contribution < -0.4 is 5.32 Å². The molecular formula is C14H18F3NO2. The van der Waals surface area contributed by atoms with Gasteiger partial charge in [0.2, 0.25) is 0 Å². The van der Waals surface area contributed by atoms with Crippen LogP contribution in [0.5, 0.6) is 0 Å². The van der Waals surface area contributed by atoms with E-state index in [1.54, 1.807) is 6.92 Å². The van der Waals surface area contributed by atoms with Gasteiger partial charge in [0.05, 0.1) is 5.60 Å². The molecule has 20 heavy (non-hydrogen) atoms. The Morgan fingerprint density at radius 2 is 1.85 bits per heavy atom. The molecule has 2 N–H and O–H groups in total. The molecule has 0 saturated heterocycles. The fraction of sp³-hybridized carbons (Fsp3) is 0.500. The van der Waals surface area contributed by atoms with Gasteiger partial charge in [0, 0.05) is 12.1 Å². The Balaban J connectivity index is 2.78. The molecule has 1 aromatic carbocycles. The molecule has 0 bridgehead atoms. The molecule has 0 fully saturated rings. The number of carbonyl (C=O) groups excluding carboxylic acids is 1. The van der Waals surface area contributed by atoms with Crippen molar-refractivity contribution < 1.29 is 23.1 Å². The lowest BCUT2D eigenvalue weighted by Crippen LogP contribution is -2.45. The molecule has 0 radical (unpaired) electrons. The summed E-state index contributed by atoms with van der Waals surface area (Å²) in [7, 11) is 0. The lowest BCUT2D eigenvalue weighted by Gasteiger charge is -2.29. The van der Waals surface area contributed by atoms with E-state index in [0.717, 1.165) is 0 Å². The molecule has 1 amide bonds. The normalized spacial score (nSPS) is 15.6. The summed E-state index contributed by atoms with van der Waals surface area (Å²) in [6.07, 6.45) is 0.711. The third-order valence-corrected chi connectivity index (χ3v) is 3.53. The predicted octanol–water partition coefficient (Wildman–Crippen LogP) is 2.63. The molecule has 1 aromatic rings. The average Bonchev–Trinajstić information content (AvgIpc) is 2.40. The van der Waals surface area contributed by atoms with Crippen LogP contribution in [0.15, 0.2) is 12.1 Å². The molecule has 0 aromatic heterocycles. The molecule has 0 saturated carbocycles. The number of hydrogen-bond donors (Lipinski definition) is 2. The van der Waals surface area contributed by atoms with Crippen molar-refractivity contribution in [3.8, 4) is 0 Å². The second-order valence-corrected chi connectivity index (χ2v) is 5.10. The summed E-state index contributed by atoms with van der Waals surface area (Å²) in [5.41, 5.74) is -1.47. The van der Waals surface area contributed by atoms with Crippen LogP contribution in [-0.4, -0.2) is 23.2 Å². The second-order valence-electron chi connectivity index (χ2n) is 5.10. The van der Waals surface area contributed by atoms with Gasteiger partial charge in [-0.3, -0.25) is 4.79 Å². The maximum Gasteiger partial charge on any atom is 0.251 e. The first-order valence-electron chi connectivity index (χ1n) is 6.34. The molecule has 1 rings (SSSR count). The minimum atomic E-state index is -1.62. The first-order chi connectivity index (χ1) is 9.19. The van der Waals surface area contributed by atoms with Crippen LogP contribution in [0.2, 0.25) is 0 Å². The second kappa shape index (κ2) is 6.26. The van der Waals surface area contributed by atoms with Crippen LogP contribution in [-0.2, 0) is 0 Å². The lowest BCUT2D eigenvalue weighted by molar-refractivity contribution is 0.00592. The molecule has 2 atom stereocenters. The summed E-state index contributed by atoms with van der Waals surface area (Å²) in [5, 5.41) is 12.5. The van der Waals surface area contributed by atoms with Crippen LogP contribution in [0, 0.1) is 23.4 Å². The molecule has 0 aliphatic rings. The number of rotatable bonds is 5. The van der Waals surface area contributed by atoms with Gasteiger partial charge >= 0.3 is 0 Å². The van der Waals surface area contributed by atoms with Crippen LogP contribution in [0.4, 0.5) is 13.2 Å². The number of hydrogen-bond acceptors (Lipinski definition) is 2. The SMILES string of the molecule is CCC(C)C(C)(O)CNC(=O)c1cc(F)c(F)c(F)c1. The Labute approximate surface area is 115 Å². The molecule has 6 heteroatoms. The number of nitrogens with one attached hydrogen (secondary N) is 1. The van der Waals surface area contributed by atoms with Gasteiger partial charge in [-0.1, -0.05) is 20.3 Å². The Morgan fingerprint density at radius 1 is 1.35 bits per heavy atom. The Bertz CT molecular complexity index is 480. The molecule has 0 spiro atoms. The number of aliphatic hydroxyl groups is 1. The maximum atomic E-state index is 13.0. The zero-order valence-corrected chi connectivity index (χ0v) is 11.6. The first kappa shape index (κ1) is 16.5. The summed E-state index contributed by atoms with van der Waals surface area (Å²) in [6.45, 7) is 5.21. The van der Waals surface area contributed by atoms with Gasteiger partial charge in [-0.25, -0.2) is 13.2 Å². The Morgan fingerprint density at radius 3 is 2.30 bits per heavy atom. The topological polar surface area (TPSA) is 49.3 Å². The van der Waals surface area contributed by atoms with Gasteiger partial charge < -0.3 is 10.4 Å². The summed E-state index contributed by atoms with van der Waals surface area (Å²) in [6, 6.07) is 1.23. The average molecular weight is 289 g/mol. The highest BCUT2D eigenvalue weighted by Gasteiger charge is 2.27. The zero-order chi connectivity index (χ0) is 15.5. The van der Waals surface area contributed by atoms with E-state index in [-0.39, 0.29) is 18.0 Å². The molecule has 3 nitrogen and oxygen atoms in total.